The van der Waals surface area contributed by atoms with Crippen molar-refractivity contribution in [2.45, 2.75) is 12.6 Å². The Morgan fingerprint density at radius 3 is 2.61 bits per heavy atom. The standard InChI is InChI=1S/C19H15BrF2N4O2/c20-14-3-1-12(2-4-14)19(28)26(9-13-6-15(13)21)10-17(27)25-18-16(22)5-11(7-23)8-24-18/h1-5,8,13,15H,6,9-10H2,(H,24,25,27)/t13?,15-/m1/s1. The Hall–Kier alpha value is -2.86. The van der Waals surface area contributed by atoms with Crippen LogP contribution in [0.25, 0.3) is 0 Å². The van der Waals surface area contributed by atoms with Crippen molar-refractivity contribution in [1.82, 2.24) is 9.88 Å². The number of carbonyl (C=O) groups excluding carboxylic acids is 2. The molecular weight excluding hydrogens is 434 g/mol. The smallest absolute Gasteiger partial charge is 0.254 e. The van der Waals surface area contributed by atoms with Gasteiger partial charge < -0.3 is 10.2 Å². The number of anilines is 1. The molecule has 1 unspecified atom stereocenters. The number of nitrogens with one attached hydrogen (secondary N) is 1. The molecule has 2 atom stereocenters. The highest BCUT2D eigenvalue weighted by Crippen LogP contribution is 2.34. The number of nitriles is 1. The average Bonchev–Trinajstić information content (AvgIpc) is 3.37. The molecule has 1 aliphatic rings. The van der Waals surface area contributed by atoms with E-state index in [1.165, 1.54) is 4.90 Å². The molecule has 1 aliphatic carbocycles. The Morgan fingerprint density at radius 1 is 1.36 bits per heavy atom. The molecule has 0 aliphatic heterocycles. The Bertz CT molecular complexity index is 946. The highest BCUT2D eigenvalue weighted by Gasteiger charge is 2.40. The van der Waals surface area contributed by atoms with E-state index in [1.54, 1.807) is 30.3 Å². The largest absolute Gasteiger partial charge is 0.329 e. The van der Waals surface area contributed by atoms with Crippen molar-refractivity contribution >= 4 is 33.6 Å². The average molecular weight is 449 g/mol. The SMILES string of the molecule is N#Cc1cnc(NC(=O)CN(CC2C[C@H]2F)C(=O)c2ccc(Br)cc2)c(F)c1. The maximum absolute atomic E-state index is 13.9. The Kier molecular flexibility index (Phi) is 5.99. The van der Waals surface area contributed by atoms with Crippen LogP contribution < -0.4 is 5.32 Å². The zero-order valence-corrected chi connectivity index (χ0v) is 16.1. The fourth-order valence-corrected chi connectivity index (χ4v) is 2.88. The number of benzene rings is 1. The van der Waals surface area contributed by atoms with Crippen LogP contribution in [-0.4, -0.2) is 41.0 Å². The van der Waals surface area contributed by atoms with Crippen LogP contribution in [0.2, 0.25) is 0 Å². The Labute approximate surface area is 168 Å². The molecule has 2 aromatic rings. The topological polar surface area (TPSA) is 86.1 Å². The minimum absolute atomic E-state index is 0.0188. The van der Waals surface area contributed by atoms with E-state index in [9.17, 15) is 18.4 Å². The zero-order chi connectivity index (χ0) is 20.3. The van der Waals surface area contributed by atoms with E-state index in [-0.39, 0.29) is 30.4 Å². The van der Waals surface area contributed by atoms with Gasteiger partial charge in [-0.25, -0.2) is 13.8 Å². The van der Waals surface area contributed by atoms with Gasteiger partial charge in [-0.2, -0.15) is 5.26 Å². The third kappa shape index (κ3) is 4.89. The number of hydrogen-bond donors (Lipinski definition) is 1. The van der Waals surface area contributed by atoms with Crippen LogP contribution in [0.1, 0.15) is 22.3 Å². The fourth-order valence-electron chi connectivity index (χ4n) is 2.61. The molecule has 0 bridgehead atoms. The second-order valence-electron chi connectivity index (χ2n) is 6.42. The van der Waals surface area contributed by atoms with Crippen molar-refractivity contribution in [2.75, 3.05) is 18.4 Å². The van der Waals surface area contributed by atoms with E-state index in [4.69, 9.17) is 5.26 Å². The molecule has 1 fully saturated rings. The summed E-state index contributed by atoms with van der Waals surface area (Å²) >= 11 is 3.28. The van der Waals surface area contributed by atoms with E-state index in [2.05, 4.69) is 26.2 Å². The van der Waals surface area contributed by atoms with Gasteiger partial charge in [-0.15, -0.1) is 0 Å². The first kappa shape index (κ1) is 19.9. The predicted molar refractivity (Wildman–Crippen MR) is 101 cm³/mol. The molecule has 1 aromatic heterocycles. The lowest BCUT2D eigenvalue weighted by Crippen LogP contribution is -2.39. The van der Waals surface area contributed by atoms with Gasteiger partial charge in [-0.05, 0) is 36.8 Å². The lowest BCUT2D eigenvalue weighted by molar-refractivity contribution is -0.117. The molecule has 28 heavy (non-hydrogen) atoms. The van der Waals surface area contributed by atoms with E-state index in [0.717, 1.165) is 16.7 Å². The summed E-state index contributed by atoms with van der Waals surface area (Å²) in [6.07, 6.45) is 0.486. The van der Waals surface area contributed by atoms with Gasteiger partial charge in [0.25, 0.3) is 5.91 Å². The molecule has 144 valence electrons. The van der Waals surface area contributed by atoms with Gasteiger partial charge in [-0.3, -0.25) is 9.59 Å². The van der Waals surface area contributed by atoms with Crippen molar-refractivity contribution < 1.29 is 18.4 Å². The molecule has 3 rings (SSSR count). The first-order chi connectivity index (χ1) is 13.4. The molecule has 6 nitrogen and oxygen atoms in total. The molecular formula is C19H15BrF2N4O2. The van der Waals surface area contributed by atoms with Crippen LogP contribution in [0.15, 0.2) is 41.0 Å². The number of rotatable bonds is 6. The summed E-state index contributed by atoms with van der Waals surface area (Å²) in [5.74, 6) is -2.59. The minimum Gasteiger partial charge on any atom is -0.329 e. The fraction of sp³-hybridized carbons (Fsp3) is 0.263. The van der Waals surface area contributed by atoms with Crippen LogP contribution in [-0.2, 0) is 4.79 Å². The van der Waals surface area contributed by atoms with E-state index in [1.807, 2.05) is 0 Å². The van der Waals surface area contributed by atoms with Gasteiger partial charge in [0.05, 0.1) is 5.56 Å². The third-order valence-electron chi connectivity index (χ3n) is 4.23. The molecule has 1 saturated carbocycles. The number of halogens is 3. The van der Waals surface area contributed by atoms with Gasteiger partial charge in [0.2, 0.25) is 5.91 Å². The molecule has 1 aromatic carbocycles. The summed E-state index contributed by atoms with van der Waals surface area (Å²) in [5.41, 5.74) is 0.375. The van der Waals surface area contributed by atoms with Gasteiger partial charge in [0, 0.05) is 28.7 Å². The highest BCUT2D eigenvalue weighted by molar-refractivity contribution is 9.10. The van der Waals surface area contributed by atoms with Crippen LogP contribution in [0.3, 0.4) is 0 Å². The first-order valence-electron chi connectivity index (χ1n) is 8.41. The third-order valence-corrected chi connectivity index (χ3v) is 4.76. The summed E-state index contributed by atoms with van der Waals surface area (Å²) in [5, 5.41) is 11.0. The second kappa shape index (κ2) is 8.44. The predicted octanol–water partition coefficient (Wildman–Crippen LogP) is 3.29. The number of alkyl halides is 1. The van der Waals surface area contributed by atoms with E-state index in [0.29, 0.717) is 12.0 Å². The van der Waals surface area contributed by atoms with Crippen LogP contribution >= 0.6 is 15.9 Å². The molecule has 1 N–H and O–H groups in total. The quantitative estimate of drug-likeness (QED) is 0.734. The maximum Gasteiger partial charge on any atom is 0.254 e. The number of aromatic nitrogens is 1. The number of amides is 2. The monoisotopic (exact) mass is 448 g/mol. The molecule has 0 saturated heterocycles. The van der Waals surface area contributed by atoms with Crippen molar-refractivity contribution in [2.24, 2.45) is 5.92 Å². The number of hydrogen-bond acceptors (Lipinski definition) is 4. The van der Waals surface area contributed by atoms with Crippen molar-refractivity contribution in [1.29, 1.82) is 5.26 Å². The molecule has 1 heterocycles. The van der Waals surface area contributed by atoms with Crippen LogP contribution in [0.5, 0.6) is 0 Å². The molecule has 2 amide bonds. The summed E-state index contributed by atoms with van der Waals surface area (Å²) < 4.78 is 28.0. The summed E-state index contributed by atoms with van der Waals surface area (Å²) in [4.78, 5) is 30.0. The first-order valence-corrected chi connectivity index (χ1v) is 9.21. The molecule has 0 radical (unpaired) electrons. The van der Waals surface area contributed by atoms with E-state index >= 15 is 0 Å². The highest BCUT2D eigenvalue weighted by atomic mass is 79.9. The van der Waals surface area contributed by atoms with E-state index < -0.39 is 23.8 Å². The van der Waals surface area contributed by atoms with Crippen molar-refractivity contribution in [3.8, 4) is 6.07 Å². The van der Waals surface area contributed by atoms with Gasteiger partial charge >= 0.3 is 0 Å². The number of carbonyl (C=O) groups is 2. The summed E-state index contributed by atoms with van der Waals surface area (Å²) in [6.45, 7) is -0.286. The Morgan fingerprint density at radius 2 is 2.04 bits per heavy atom. The van der Waals surface area contributed by atoms with Gasteiger partial charge in [-0.1, -0.05) is 15.9 Å². The lowest BCUT2D eigenvalue weighted by atomic mass is 10.2. The summed E-state index contributed by atoms with van der Waals surface area (Å²) in [7, 11) is 0. The molecule has 9 heteroatoms. The lowest BCUT2D eigenvalue weighted by Gasteiger charge is -2.22. The maximum atomic E-state index is 13.9. The number of pyridine rings is 1. The normalized spacial score (nSPS) is 17.5. The molecule has 0 spiro atoms. The second-order valence-corrected chi connectivity index (χ2v) is 7.33. The van der Waals surface area contributed by atoms with Crippen LogP contribution in [0, 0.1) is 23.1 Å². The number of nitrogens with zero attached hydrogens (tertiary/aromatic N) is 3. The van der Waals surface area contributed by atoms with Crippen molar-refractivity contribution in [3.63, 3.8) is 0 Å². The minimum atomic E-state index is -0.985. The van der Waals surface area contributed by atoms with Gasteiger partial charge in [0.1, 0.15) is 18.8 Å². The zero-order valence-electron chi connectivity index (χ0n) is 14.5. The van der Waals surface area contributed by atoms with Crippen molar-refractivity contribution in [3.05, 3.63) is 57.9 Å². The van der Waals surface area contributed by atoms with Crippen LogP contribution in [0.4, 0.5) is 14.6 Å². The summed E-state index contributed by atoms with van der Waals surface area (Å²) in [6, 6.07) is 9.27. The Balaban J connectivity index is 1.71. The van der Waals surface area contributed by atoms with Gasteiger partial charge in [0.15, 0.2) is 11.6 Å².